The fourth-order valence-corrected chi connectivity index (χ4v) is 3.56. The lowest BCUT2D eigenvalue weighted by Crippen LogP contribution is -2.48. The molecule has 2 bridgehead atoms. The summed E-state index contributed by atoms with van der Waals surface area (Å²) >= 11 is 0. The van der Waals surface area contributed by atoms with Gasteiger partial charge in [-0.1, -0.05) is 27.7 Å². The van der Waals surface area contributed by atoms with Crippen LogP contribution in [0.5, 0.6) is 0 Å². The van der Waals surface area contributed by atoms with E-state index in [9.17, 15) is 0 Å². The first-order valence-electron chi connectivity index (χ1n) is 5.46. The van der Waals surface area contributed by atoms with Crippen LogP contribution in [0, 0.1) is 22.7 Å². The van der Waals surface area contributed by atoms with Crippen molar-refractivity contribution in [1.82, 2.24) is 0 Å². The molecule has 0 nitrogen and oxygen atoms in total. The molecule has 0 spiro atoms. The second-order valence-corrected chi connectivity index (χ2v) is 6.02. The molecule has 12 heavy (non-hydrogen) atoms. The Labute approximate surface area is 76.7 Å². The summed E-state index contributed by atoms with van der Waals surface area (Å²) in [6.07, 6.45) is 5.92. The monoisotopic (exact) mass is 166 g/mol. The van der Waals surface area contributed by atoms with Gasteiger partial charge in [-0.15, -0.1) is 0 Å². The lowest BCUT2D eigenvalue weighted by molar-refractivity contribution is -0.0783. The van der Waals surface area contributed by atoms with Crippen molar-refractivity contribution >= 4 is 0 Å². The van der Waals surface area contributed by atoms with Crippen LogP contribution in [0.2, 0.25) is 0 Å². The lowest BCUT2D eigenvalue weighted by atomic mass is 9.47. The minimum absolute atomic E-state index is 0.692. The Kier molecular flexibility index (Phi) is 1.63. The maximum Gasteiger partial charge on any atom is -0.0297 e. The summed E-state index contributed by atoms with van der Waals surface area (Å²) < 4.78 is 0. The molecule has 3 fully saturated rings. The zero-order chi connectivity index (χ0) is 8.98. The molecule has 0 radical (unpaired) electrons. The van der Waals surface area contributed by atoms with E-state index in [1.54, 1.807) is 0 Å². The minimum atomic E-state index is 0.692. The van der Waals surface area contributed by atoms with Crippen molar-refractivity contribution in [2.24, 2.45) is 22.7 Å². The zero-order valence-corrected chi connectivity index (χ0v) is 8.98. The van der Waals surface area contributed by atoms with E-state index in [0.29, 0.717) is 10.8 Å². The molecule has 0 aromatic heterocycles. The van der Waals surface area contributed by atoms with Crippen LogP contribution >= 0.6 is 0 Å². The molecule has 3 rings (SSSR count). The predicted molar refractivity (Wildman–Crippen MR) is 53.0 cm³/mol. The Balaban J connectivity index is 2.27. The molecule has 0 aromatic carbocycles. The first-order valence-corrected chi connectivity index (χ1v) is 5.46. The van der Waals surface area contributed by atoms with Crippen molar-refractivity contribution < 1.29 is 0 Å². The van der Waals surface area contributed by atoms with Gasteiger partial charge in [0.2, 0.25) is 0 Å². The Bertz CT molecular complexity index is 174. The molecule has 0 saturated heterocycles. The zero-order valence-electron chi connectivity index (χ0n) is 8.98. The van der Waals surface area contributed by atoms with Gasteiger partial charge in [-0.05, 0) is 48.3 Å². The van der Waals surface area contributed by atoms with Crippen LogP contribution in [0.3, 0.4) is 0 Å². The van der Waals surface area contributed by atoms with E-state index in [4.69, 9.17) is 0 Å². The van der Waals surface area contributed by atoms with Gasteiger partial charge in [0.25, 0.3) is 0 Å². The highest BCUT2D eigenvalue weighted by Crippen LogP contribution is 2.61. The molecule has 3 aliphatic rings. The highest BCUT2D eigenvalue weighted by Gasteiger charge is 2.51. The molecule has 0 N–H and O–H groups in total. The minimum Gasteiger partial charge on any atom is -0.0620 e. The molecular weight excluding hydrogens is 144 g/mol. The van der Waals surface area contributed by atoms with E-state index in [-0.39, 0.29) is 0 Å². The highest BCUT2D eigenvalue weighted by molar-refractivity contribution is 5.01. The van der Waals surface area contributed by atoms with Crippen LogP contribution in [0.1, 0.15) is 53.4 Å². The summed E-state index contributed by atoms with van der Waals surface area (Å²) in [5.74, 6) is 1.93. The fourth-order valence-electron chi connectivity index (χ4n) is 3.56. The van der Waals surface area contributed by atoms with Gasteiger partial charge in [0.1, 0.15) is 0 Å². The van der Waals surface area contributed by atoms with Crippen molar-refractivity contribution in [2.45, 2.75) is 53.4 Å². The van der Waals surface area contributed by atoms with Gasteiger partial charge >= 0.3 is 0 Å². The van der Waals surface area contributed by atoms with Gasteiger partial charge in [-0.2, -0.15) is 0 Å². The number of rotatable bonds is 0. The van der Waals surface area contributed by atoms with Crippen molar-refractivity contribution in [1.29, 1.82) is 0 Å². The molecule has 70 valence electrons. The maximum atomic E-state index is 2.51. The standard InChI is InChI=1S/C12H22/c1-9-7-12(4)6-5-11(9,3)8-10(12)2/h9-10H,5-8H2,1-4H3. The summed E-state index contributed by atoms with van der Waals surface area (Å²) in [5, 5.41) is 0. The Morgan fingerprint density at radius 1 is 0.833 bits per heavy atom. The largest absolute Gasteiger partial charge is 0.0620 e. The summed E-state index contributed by atoms with van der Waals surface area (Å²) in [4.78, 5) is 0. The van der Waals surface area contributed by atoms with E-state index >= 15 is 0 Å². The van der Waals surface area contributed by atoms with Gasteiger partial charge in [0, 0.05) is 0 Å². The van der Waals surface area contributed by atoms with Crippen LogP contribution < -0.4 is 0 Å². The quantitative estimate of drug-likeness (QED) is 0.512. The first kappa shape index (κ1) is 8.59. The molecule has 0 heteroatoms. The second kappa shape index (κ2) is 2.27. The van der Waals surface area contributed by atoms with E-state index in [0.717, 1.165) is 11.8 Å². The first-order chi connectivity index (χ1) is 5.46. The third-order valence-electron chi connectivity index (χ3n) is 5.19. The van der Waals surface area contributed by atoms with E-state index < -0.39 is 0 Å². The third kappa shape index (κ3) is 0.963. The smallest absolute Gasteiger partial charge is 0.0297 e. The van der Waals surface area contributed by atoms with Gasteiger partial charge in [0.05, 0.1) is 0 Å². The topological polar surface area (TPSA) is 0 Å². The Hall–Kier alpha value is 0. The van der Waals surface area contributed by atoms with Gasteiger partial charge in [-0.25, -0.2) is 0 Å². The summed E-state index contributed by atoms with van der Waals surface area (Å²) in [6, 6.07) is 0. The average Bonchev–Trinajstić information content (AvgIpc) is 1.96. The molecule has 0 amide bonds. The average molecular weight is 166 g/mol. The van der Waals surface area contributed by atoms with Crippen LogP contribution in [0.15, 0.2) is 0 Å². The number of hydrogen-bond donors (Lipinski definition) is 0. The van der Waals surface area contributed by atoms with Gasteiger partial charge in [-0.3, -0.25) is 0 Å². The SMILES string of the molecule is CC1CC2(C)CCC1(C)CC2C. The molecule has 0 aliphatic heterocycles. The Morgan fingerprint density at radius 3 is 1.42 bits per heavy atom. The fraction of sp³-hybridized carbons (Fsp3) is 1.00. The molecule has 3 aliphatic carbocycles. The van der Waals surface area contributed by atoms with E-state index in [1.807, 2.05) is 0 Å². The van der Waals surface area contributed by atoms with E-state index in [1.165, 1.54) is 25.7 Å². The summed E-state index contributed by atoms with van der Waals surface area (Å²) in [6.45, 7) is 9.94. The maximum absolute atomic E-state index is 2.51. The molecule has 4 unspecified atom stereocenters. The van der Waals surface area contributed by atoms with Crippen molar-refractivity contribution in [3.8, 4) is 0 Å². The van der Waals surface area contributed by atoms with Crippen molar-refractivity contribution in [3.05, 3.63) is 0 Å². The number of hydrogen-bond acceptors (Lipinski definition) is 0. The molecule has 4 atom stereocenters. The van der Waals surface area contributed by atoms with Crippen LogP contribution in [0.4, 0.5) is 0 Å². The normalized spacial score (nSPS) is 59.0. The molecule has 0 aromatic rings. The van der Waals surface area contributed by atoms with Crippen molar-refractivity contribution in [2.75, 3.05) is 0 Å². The van der Waals surface area contributed by atoms with Gasteiger partial charge in [0.15, 0.2) is 0 Å². The predicted octanol–water partition coefficient (Wildman–Crippen LogP) is 3.86. The third-order valence-corrected chi connectivity index (χ3v) is 5.19. The number of fused-ring (bicyclic) bond motifs is 3. The second-order valence-electron chi connectivity index (χ2n) is 6.02. The molecule has 3 saturated carbocycles. The van der Waals surface area contributed by atoms with Gasteiger partial charge < -0.3 is 0 Å². The van der Waals surface area contributed by atoms with E-state index in [2.05, 4.69) is 27.7 Å². The molecule has 0 heterocycles. The Morgan fingerprint density at radius 2 is 1.17 bits per heavy atom. The van der Waals surface area contributed by atoms with Crippen LogP contribution in [-0.4, -0.2) is 0 Å². The van der Waals surface area contributed by atoms with Crippen molar-refractivity contribution in [3.63, 3.8) is 0 Å². The van der Waals surface area contributed by atoms with Crippen LogP contribution in [-0.2, 0) is 0 Å². The molecular formula is C12H22. The lowest BCUT2D eigenvalue weighted by Gasteiger charge is -2.58. The summed E-state index contributed by atoms with van der Waals surface area (Å²) in [5.41, 5.74) is 1.38. The highest BCUT2D eigenvalue weighted by atomic mass is 14.6. The summed E-state index contributed by atoms with van der Waals surface area (Å²) in [7, 11) is 0. The van der Waals surface area contributed by atoms with Crippen LogP contribution in [0.25, 0.3) is 0 Å².